The summed E-state index contributed by atoms with van der Waals surface area (Å²) < 4.78 is 0. The standard InChI is InChI=1S/C15H13ClN4O/c1-2-19-14-9-18-6-5-12(14)15(21)20-11-4-3-10(8-17)13(16)7-11/h3-7,9,19H,2H2,1H3,(H,20,21). The zero-order valence-electron chi connectivity index (χ0n) is 11.4. The van der Waals surface area contributed by atoms with Gasteiger partial charge >= 0.3 is 0 Å². The molecule has 0 aliphatic heterocycles. The minimum absolute atomic E-state index is 0.269. The molecule has 1 amide bonds. The highest BCUT2D eigenvalue weighted by molar-refractivity contribution is 6.32. The van der Waals surface area contributed by atoms with Gasteiger partial charge in [0, 0.05) is 18.4 Å². The summed E-state index contributed by atoms with van der Waals surface area (Å²) in [4.78, 5) is 16.3. The molecule has 2 rings (SSSR count). The predicted octanol–water partition coefficient (Wildman–Crippen LogP) is 3.29. The van der Waals surface area contributed by atoms with Crippen LogP contribution in [0.1, 0.15) is 22.8 Å². The first-order valence-corrected chi connectivity index (χ1v) is 6.72. The lowest BCUT2D eigenvalue weighted by molar-refractivity contribution is 0.102. The number of rotatable bonds is 4. The SMILES string of the molecule is CCNc1cnccc1C(=O)Nc1ccc(C#N)c(Cl)c1. The summed E-state index contributed by atoms with van der Waals surface area (Å²) in [6.45, 7) is 2.63. The number of halogens is 1. The maximum Gasteiger partial charge on any atom is 0.257 e. The smallest absolute Gasteiger partial charge is 0.257 e. The van der Waals surface area contributed by atoms with Crippen LogP contribution in [0, 0.1) is 11.3 Å². The third-order valence-corrected chi connectivity index (χ3v) is 3.09. The summed E-state index contributed by atoms with van der Waals surface area (Å²) in [5, 5.41) is 15.0. The quantitative estimate of drug-likeness (QED) is 0.908. The second-order valence-electron chi connectivity index (χ2n) is 4.21. The second kappa shape index (κ2) is 6.73. The molecular weight excluding hydrogens is 288 g/mol. The van der Waals surface area contributed by atoms with Crippen molar-refractivity contribution < 1.29 is 4.79 Å². The second-order valence-corrected chi connectivity index (χ2v) is 4.62. The van der Waals surface area contributed by atoms with E-state index in [0.29, 0.717) is 34.1 Å². The maximum absolute atomic E-state index is 12.3. The number of carbonyl (C=O) groups excluding carboxylic acids is 1. The largest absolute Gasteiger partial charge is 0.383 e. The summed E-state index contributed by atoms with van der Waals surface area (Å²) in [5.41, 5.74) is 2.06. The molecule has 0 spiro atoms. The first-order valence-electron chi connectivity index (χ1n) is 6.34. The highest BCUT2D eigenvalue weighted by atomic mass is 35.5. The Morgan fingerprint density at radius 3 is 2.90 bits per heavy atom. The fourth-order valence-corrected chi connectivity index (χ4v) is 2.03. The molecule has 0 radical (unpaired) electrons. The van der Waals surface area contributed by atoms with Crippen molar-refractivity contribution in [1.82, 2.24) is 4.98 Å². The summed E-state index contributed by atoms with van der Waals surface area (Å²) in [7, 11) is 0. The number of nitriles is 1. The Morgan fingerprint density at radius 2 is 2.24 bits per heavy atom. The molecule has 21 heavy (non-hydrogen) atoms. The normalized spacial score (nSPS) is 9.76. The van der Waals surface area contributed by atoms with Crippen LogP contribution in [0.3, 0.4) is 0 Å². The van der Waals surface area contributed by atoms with Gasteiger partial charge in [-0.05, 0) is 31.2 Å². The molecule has 6 heteroatoms. The number of anilines is 2. The number of nitrogens with one attached hydrogen (secondary N) is 2. The molecule has 0 aliphatic rings. The summed E-state index contributed by atoms with van der Waals surface area (Å²) in [6.07, 6.45) is 3.16. The molecule has 0 saturated heterocycles. The Morgan fingerprint density at radius 1 is 1.43 bits per heavy atom. The number of pyridine rings is 1. The van der Waals surface area contributed by atoms with Gasteiger partial charge in [-0.25, -0.2) is 0 Å². The van der Waals surface area contributed by atoms with Crippen molar-refractivity contribution in [3.8, 4) is 6.07 Å². The highest BCUT2D eigenvalue weighted by Gasteiger charge is 2.12. The van der Waals surface area contributed by atoms with Gasteiger partial charge in [0.15, 0.2) is 0 Å². The Bertz CT molecular complexity index is 709. The first-order chi connectivity index (χ1) is 10.2. The van der Waals surface area contributed by atoms with Gasteiger partial charge in [-0.1, -0.05) is 11.6 Å². The van der Waals surface area contributed by atoms with Gasteiger partial charge in [-0.2, -0.15) is 5.26 Å². The lowest BCUT2D eigenvalue weighted by Gasteiger charge is -2.10. The molecule has 0 atom stereocenters. The van der Waals surface area contributed by atoms with Crippen LogP contribution in [-0.2, 0) is 0 Å². The van der Waals surface area contributed by atoms with Crippen LogP contribution in [0.25, 0.3) is 0 Å². The van der Waals surface area contributed by atoms with E-state index in [4.69, 9.17) is 16.9 Å². The van der Waals surface area contributed by atoms with Crippen molar-refractivity contribution in [1.29, 1.82) is 5.26 Å². The van der Waals surface area contributed by atoms with Gasteiger partial charge in [0.05, 0.1) is 28.0 Å². The van der Waals surface area contributed by atoms with E-state index in [-0.39, 0.29) is 5.91 Å². The Balaban J connectivity index is 2.22. The number of nitrogens with zero attached hydrogens (tertiary/aromatic N) is 2. The fraction of sp³-hybridized carbons (Fsp3) is 0.133. The Hall–Kier alpha value is -2.58. The summed E-state index contributed by atoms with van der Waals surface area (Å²) in [6, 6.07) is 8.36. The van der Waals surface area contributed by atoms with E-state index in [1.54, 1.807) is 36.7 Å². The fourth-order valence-electron chi connectivity index (χ4n) is 1.81. The molecular formula is C15H13ClN4O. The summed E-state index contributed by atoms with van der Waals surface area (Å²) >= 11 is 5.94. The van der Waals surface area contributed by atoms with Crippen molar-refractivity contribution in [2.75, 3.05) is 17.2 Å². The molecule has 1 aromatic carbocycles. The molecule has 2 N–H and O–H groups in total. The lowest BCUT2D eigenvalue weighted by atomic mass is 10.2. The zero-order valence-corrected chi connectivity index (χ0v) is 12.1. The van der Waals surface area contributed by atoms with Crippen LogP contribution in [0.4, 0.5) is 11.4 Å². The van der Waals surface area contributed by atoms with Crippen LogP contribution < -0.4 is 10.6 Å². The van der Waals surface area contributed by atoms with Gasteiger partial charge < -0.3 is 10.6 Å². The number of aromatic nitrogens is 1. The van der Waals surface area contributed by atoms with E-state index < -0.39 is 0 Å². The number of hydrogen-bond donors (Lipinski definition) is 2. The minimum atomic E-state index is -0.269. The zero-order chi connectivity index (χ0) is 15.2. The topological polar surface area (TPSA) is 77.8 Å². The van der Waals surface area contributed by atoms with Crippen LogP contribution >= 0.6 is 11.6 Å². The minimum Gasteiger partial charge on any atom is -0.383 e. The Kier molecular flexibility index (Phi) is 4.75. The lowest BCUT2D eigenvalue weighted by Crippen LogP contribution is -2.15. The Labute approximate surface area is 127 Å². The van der Waals surface area contributed by atoms with Crippen LogP contribution in [0.15, 0.2) is 36.7 Å². The van der Waals surface area contributed by atoms with Crippen LogP contribution in [0.2, 0.25) is 5.02 Å². The molecule has 0 saturated carbocycles. The van der Waals surface area contributed by atoms with E-state index in [1.807, 2.05) is 13.0 Å². The number of carbonyl (C=O) groups is 1. The monoisotopic (exact) mass is 300 g/mol. The van der Waals surface area contributed by atoms with Crippen molar-refractivity contribution in [3.63, 3.8) is 0 Å². The van der Waals surface area contributed by atoms with Gasteiger partial charge in [-0.3, -0.25) is 9.78 Å². The summed E-state index contributed by atoms with van der Waals surface area (Å²) in [5.74, 6) is -0.269. The molecule has 1 aromatic heterocycles. The molecule has 2 aromatic rings. The van der Waals surface area contributed by atoms with Gasteiger partial charge in [-0.15, -0.1) is 0 Å². The number of amides is 1. The van der Waals surface area contributed by atoms with E-state index in [9.17, 15) is 4.79 Å². The maximum atomic E-state index is 12.3. The van der Waals surface area contributed by atoms with Gasteiger partial charge in [0.2, 0.25) is 0 Å². The molecule has 0 bridgehead atoms. The third-order valence-electron chi connectivity index (χ3n) is 2.78. The van der Waals surface area contributed by atoms with Crippen molar-refractivity contribution >= 4 is 28.9 Å². The van der Waals surface area contributed by atoms with Crippen molar-refractivity contribution in [3.05, 3.63) is 52.8 Å². The molecule has 0 fully saturated rings. The predicted molar refractivity (Wildman–Crippen MR) is 82.5 cm³/mol. The van der Waals surface area contributed by atoms with E-state index in [0.717, 1.165) is 0 Å². The molecule has 0 aliphatic carbocycles. The molecule has 5 nitrogen and oxygen atoms in total. The van der Waals surface area contributed by atoms with E-state index in [1.165, 1.54) is 0 Å². The highest BCUT2D eigenvalue weighted by Crippen LogP contribution is 2.21. The number of hydrogen-bond acceptors (Lipinski definition) is 4. The van der Waals surface area contributed by atoms with Gasteiger partial charge in [0.1, 0.15) is 6.07 Å². The molecule has 106 valence electrons. The molecule has 1 heterocycles. The van der Waals surface area contributed by atoms with E-state index >= 15 is 0 Å². The van der Waals surface area contributed by atoms with Crippen LogP contribution in [0.5, 0.6) is 0 Å². The third kappa shape index (κ3) is 3.50. The number of benzene rings is 1. The van der Waals surface area contributed by atoms with Gasteiger partial charge in [0.25, 0.3) is 5.91 Å². The van der Waals surface area contributed by atoms with Crippen molar-refractivity contribution in [2.24, 2.45) is 0 Å². The average Bonchev–Trinajstić information content (AvgIpc) is 2.48. The van der Waals surface area contributed by atoms with Crippen molar-refractivity contribution in [2.45, 2.75) is 6.92 Å². The van der Waals surface area contributed by atoms with Crippen LogP contribution in [-0.4, -0.2) is 17.4 Å². The van der Waals surface area contributed by atoms with E-state index in [2.05, 4.69) is 15.6 Å². The average molecular weight is 301 g/mol. The molecule has 0 unspecified atom stereocenters. The first kappa shape index (κ1) is 14.8.